The first-order chi connectivity index (χ1) is 50.0. The molecule has 0 spiro atoms. The van der Waals surface area contributed by atoms with Gasteiger partial charge in [0.2, 0.25) is 0 Å². The second-order valence-corrected chi connectivity index (χ2v) is 25.2. The predicted octanol–water partition coefficient (Wildman–Crippen LogP) is 23.0. The second kappa shape index (κ2) is 25.9. The molecule has 6 heterocycles. The van der Waals surface area contributed by atoms with E-state index in [1.807, 2.05) is 146 Å². The number of hydrogen-bond acceptors (Lipinski definition) is 6. The van der Waals surface area contributed by atoms with Gasteiger partial charge in [-0.2, -0.15) is 0 Å². The van der Waals surface area contributed by atoms with Crippen LogP contribution in [0.5, 0.6) is 0 Å². The lowest BCUT2D eigenvalue weighted by atomic mass is 10.1. The summed E-state index contributed by atoms with van der Waals surface area (Å²) in [6.45, 7) is 0. The number of fused-ring (bicyclic) bond motifs is 14. The van der Waals surface area contributed by atoms with E-state index in [1.165, 1.54) is 87.4 Å². The quantitative estimate of drug-likeness (QED) is 0.154. The molecule has 0 amide bonds. The molecule has 20 aromatic rings. The predicted molar refractivity (Wildman–Crippen MR) is 416 cm³/mol. The third-order valence-electron chi connectivity index (χ3n) is 18.7. The molecule has 10 nitrogen and oxygen atoms in total. The van der Waals surface area contributed by atoms with E-state index in [1.54, 1.807) is 0 Å². The standard InChI is InChI=1S/C45H29N5.C24H16N2.C21H14ClN3/c1-4-14-30(15-5-1)43-46-44(31-16-6-2-7-17-31)48-45(47-43)32-24-26-34(27-25-32)50-38-23-13-11-21-36(38)42-40(50)29-28-39-41(42)35-20-10-12-22-37(35)49(39)33-18-8-3-9-19-33;1-2-8-16(9-3-1)26-21-13-7-5-11-18(21)24-22(26)15-14-20-23(24)17-10-4-6-12-19(17)25-20;22-18-13-11-17(12-14-18)21-24-19(15-7-3-1-4-8-15)23-20(25-21)16-9-5-2-6-10-16/h1-29H;1-15,25H;1-14H. The van der Waals surface area contributed by atoms with Crippen molar-refractivity contribution in [2.75, 3.05) is 0 Å². The number of para-hydroxylation sites is 6. The average Bonchev–Trinajstić information content (AvgIpc) is 1.56. The fourth-order valence-corrected chi connectivity index (χ4v) is 14.3. The Hall–Kier alpha value is -13.4. The van der Waals surface area contributed by atoms with Crippen LogP contribution in [0.3, 0.4) is 0 Å². The lowest BCUT2D eigenvalue weighted by Gasteiger charge is -2.11. The van der Waals surface area contributed by atoms with Gasteiger partial charge in [-0.1, -0.05) is 242 Å². The Morgan fingerprint density at radius 3 is 0.832 bits per heavy atom. The molecule has 20 rings (SSSR count). The van der Waals surface area contributed by atoms with Crippen LogP contribution in [0, 0.1) is 0 Å². The molecule has 0 saturated carbocycles. The largest absolute Gasteiger partial charge is 0.354 e. The molecule has 0 aliphatic carbocycles. The number of halogens is 1. The van der Waals surface area contributed by atoms with Crippen LogP contribution in [-0.2, 0) is 0 Å². The van der Waals surface area contributed by atoms with Crippen LogP contribution >= 0.6 is 11.6 Å². The highest BCUT2D eigenvalue weighted by Crippen LogP contribution is 2.44. The van der Waals surface area contributed by atoms with Crippen molar-refractivity contribution in [2.24, 2.45) is 0 Å². The van der Waals surface area contributed by atoms with E-state index < -0.39 is 0 Å². The maximum absolute atomic E-state index is 6.00. The molecule has 0 aliphatic heterocycles. The van der Waals surface area contributed by atoms with Crippen molar-refractivity contribution >= 4 is 98.8 Å². The first-order valence-electron chi connectivity index (χ1n) is 33.6. The maximum atomic E-state index is 6.00. The van der Waals surface area contributed by atoms with Crippen LogP contribution in [0.4, 0.5) is 0 Å². The Balaban J connectivity index is 0.000000120. The highest BCUT2D eigenvalue weighted by molar-refractivity contribution is 6.31. The summed E-state index contributed by atoms with van der Waals surface area (Å²) in [7, 11) is 0. The minimum absolute atomic E-state index is 0.629. The van der Waals surface area contributed by atoms with Gasteiger partial charge in [-0.25, -0.2) is 29.9 Å². The molecule has 11 heteroatoms. The van der Waals surface area contributed by atoms with Crippen LogP contribution in [0.2, 0.25) is 5.02 Å². The molecule has 0 radical (unpaired) electrons. The normalized spacial score (nSPS) is 11.4. The summed E-state index contributed by atoms with van der Waals surface area (Å²) < 4.78 is 7.12. The van der Waals surface area contributed by atoms with Gasteiger partial charge in [-0.15, -0.1) is 0 Å². The molecule has 0 bridgehead atoms. The van der Waals surface area contributed by atoms with Gasteiger partial charge in [-0.05, 0) is 121 Å². The van der Waals surface area contributed by atoms with Crippen molar-refractivity contribution in [1.82, 2.24) is 48.6 Å². The number of aromatic nitrogens is 10. The third-order valence-corrected chi connectivity index (χ3v) is 18.9. The number of aromatic amines is 1. The Kier molecular flexibility index (Phi) is 15.4. The van der Waals surface area contributed by atoms with Crippen LogP contribution in [0.15, 0.2) is 352 Å². The summed E-state index contributed by atoms with van der Waals surface area (Å²) in [5.74, 6) is 3.88. The zero-order valence-corrected chi connectivity index (χ0v) is 55.1. The van der Waals surface area contributed by atoms with Crippen molar-refractivity contribution < 1.29 is 0 Å². The van der Waals surface area contributed by atoms with Gasteiger partial charge in [0.1, 0.15) is 0 Å². The molecular weight excluding hydrogens is 1260 g/mol. The zero-order chi connectivity index (χ0) is 67.2. The van der Waals surface area contributed by atoms with Gasteiger partial charge in [0.25, 0.3) is 0 Å². The fourth-order valence-electron chi connectivity index (χ4n) is 14.1. The van der Waals surface area contributed by atoms with Gasteiger partial charge in [0.15, 0.2) is 34.9 Å². The highest BCUT2D eigenvalue weighted by atomic mass is 35.5. The van der Waals surface area contributed by atoms with Crippen LogP contribution in [0.25, 0.3) is 173 Å². The van der Waals surface area contributed by atoms with Gasteiger partial charge in [0, 0.05) is 110 Å². The highest BCUT2D eigenvalue weighted by Gasteiger charge is 2.22. The second-order valence-electron chi connectivity index (χ2n) is 24.8. The van der Waals surface area contributed by atoms with Gasteiger partial charge < -0.3 is 18.7 Å². The van der Waals surface area contributed by atoms with E-state index >= 15 is 0 Å². The Labute approximate surface area is 586 Å². The zero-order valence-electron chi connectivity index (χ0n) is 54.4. The van der Waals surface area contributed by atoms with E-state index in [-0.39, 0.29) is 0 Å². The number of nitrogens with one attached hydrogen (secondary N) is 1. The molecule has 6 aromatic heterocycles. The monoisotopic (exact) mass is 1310 g/mol. The topological polar surface area (TPSA) is 108 Å². The minimum atomic E-state index is 0.629. The SMILES string of the molecule is Clc1ccc(-c2nc(-c3ccccc3)nc(-c3ccccc3)n2)cc1.c1ccc(-c2nc(-c3ccccc3)nc(-c3ccc(-n4c5ccccc5c5c6c7ccccc7n(-c7ccccc7)c6ccc54)cc3)n2)cc1.c1ccc(-n2c3ccccc3c3c4c(ccc32)[nH]c2ccccc24)cc1. The minimum Gasteiger partial charge on any atom is -0.354 e. The van der Waals surface area contributed by atoms with Gasteiger partial charge >= 0.3 is 0 Å². The van der Waals surface area contributed by atoms with E-state index in [4.69, 9.17) is 26.6 Å². The van der Waals surface area contributed by atoms with E-state index in [2.05, 4.69) is 240 Å². The molecule has 476 valence electrons. The average molecular weight is 1320 g/mol. The number of rotatable bonds is 9. The maximum Gasteiger partial charge on any atom is 0.164 e. The molecule has 101 heavy (non-hydrogen) atoms. The Bertz CT molecular complexity index is 6300. The summed E-state index contributed by atoms with van der Waals surface area (Å²) in [5.41, 5.74) is 18.7. The smallest absolute Gasteiger partial charge is 0.164 e. The molecule has 0 saturated heterocycles. The number of hydrogen-bond donors (Lipinski definition) is 1. The lowest BCUT2D eigenvalue weighted by Crippen LogP contribution is -2.00. The molecule has 1 N–H and O–H groups in total. The van der Waals surface area contributed by atoms with Gasteiger partial charge in [-0.3, -0.25) is 0 Å². The van der Waals surface area contributed by atoms with Gasteiger partial charge in [0.05, 0.1) is 33.1 Å². The fraction of sp³-hybridized carbons (Fsp3) is 0. The number of benzene rings is 14. The summed E-state index contributed by atoms with van der Waals surface area (Å²) in [4.78, 5) is 32.3. The first-order valence-corrected chi connectivity index (χ1v) is 34.0. The van der Waals surface area contributed by atoms with Crippen molar-refractivity contribution in [3.05, 3.63) is 357 Å². The summed E-state index contributed by atoms with van der Waals surface area (Å²) in [6, 6.07) is 121. The summed E-state index contributed by atoms with van der Waals surface area (Å²) in [6.07, 6.45) is 0. The van der Waals surface area contributed by atoms with Crippen LogP contribution in [-0.4, -0.2) is 48.6 Å². The molecular formula is C90H59ClN10. The van der Waals surface area contributed by atoms with E-state index in [0.717, 1.165) is 50.3 Å². The number of H-pyrrole nitrogens is 1. The summed E-state index contributed by atoms with van der Waals surface area (Å²) in [5, 5.41) is 10.9. The first kappa shape index (κ1) is 60.0. The van der Waals surface area contributed by atoms with E-state index in [9.17, 15) is 0 Å². The van der Waals surface area contributed by atoms with Crippen LogP contribution < -0.4 is 0 Å². The van der Waals surface area contributed by atoms with E-state index in [0.29, 0.717) is 40.0 Å². The van der Waals surface area contributed by atoms with Crippen molar-refractivity contribution in [3.8, 4) is 85.4 Å². The lowest BCUT2D eigenvalue weighted by molar-refractivity contribution is 1.07. The Morgan fingerprint density at radius 2 is 0.465 bits per heavy atom. The molecule has 0 fully saturated rings. The van der Waals surface area contributed by atoms with Crippen molar-refractivity contribution in [3.63, 3.8) is 0 Å². The van der Waals surface area contributed by atoms with Crippen LogP contribution in [0.1, 0.15) is 0 Å². The molecule has 14 aromatic carbocycles. The Morgan fingerprint density at radius 1 is 0.198 bits per heavy atom. The molecule has 0 unspecified atom stereocenters. The number of nitrogens with zero attached hydrogens (tertiary/aromatic N) is 9. The van der Waals surface area contributed by atoms with Crippen molar-refractivity contribution in [1.29, 1.82) is 0 Å². The van der Waals surface area contributed by atoms with Crippen molar-refractivity contribution in [2.45, 2.75) is 0 Å². The molecule has 0 atom stereocenters. The summed E-state index contributed by atoms with van der Waals surface area (Å²) >= 11 is 6.00. The molecule has 0 aliphatic rings. The third kappa shape index (κ3) is 11.1.